The van der Waals surface area contributed by atoms with Crippen LogP contribution in [-0.4, -0.2) is 41.2 Å². The monoisotopic (exact) mass is 232 g/mol. The lowest BCUT2D eigenvalue weighted by Gasteiger charge is -2.19. The Hall–Kier alpha value is -1.39. The van der Waals surface area contributed by atoms with Crippen molar-refractivity contribution < 1.29 is 0 Å². The quantitative estimate of drug-likeness (QED) is 0.845. The summed E-state index contributed by atoms with van der Waals surface area (Å²) < 4.78 is 1.91. The maximum absolute atomic E-state index is 4.32. The second-order valence-electron chi connectivity index (χ2n) is 4.64. The Kier molecular flexibility index (Phi) is 3.76. The van der Waals surface area contributed by atoms with Crippen LogP contribution < -0.4 is 5.32 Å². The zero-order chi connectivity index (χ0) is 12.3. The van der Waals surface area contributed by atoms with Gasteiger partial charge in [0.2, 0.25) is 0 Å². The molecule has 1 N–H and O–H groups in total. The molecule has 2 rings (SSSR count). The predicted octanol–water partition coefficient (Wildman–Crippen LogP) is 1.37. The Morgan fingerprint density at radius 2 is 2.24 bits per heavy atom. The average molecular weight is 232 g/mol. The number of pyridine rings is 1. The fraction of sp³-hybridized carbons (Fsp3) is 0.462. The average Bonchev–Trinajstić information content (AvgIpc) is 2.72. The number of fused-ring (bicyclic) bond motifs is 1. The van der Waals surface area contributed by atoms with Gasteiger partial charge in [0.05, 0.1) is 11.7 Å². The standard InChI is InChI=1S/C13H20N4/c1-11(16(2)3)8-14-9-12-10-15-17-7-5-4-6-13(12)17/h4-7,10-11,14H,8-9H2,1-3H3. The van der Waals surface area contributed by atoms with Crippen LogP contribution in [0.5, 0.6) is 0 Å². The van der Waals surface area contributed by atoms with Crippen LogP contribution in [-0.2, 0) is 6.54 Å². The van der Waals surface area contributed by atoms with Gasteiger partial charge in [-0.2, -0.15) is 5.10 Å². The molecular formula is C13H20N4. The normalized spacial score (nSPS) is 13.4. The molecule has 0 aromatic carbocycles. The zero-order valence-electron chi connectivity index (χ0n) is 10.7. The third kappa shape index (κ3) is 2.84. The molecule has 0 fully saturated rings. The fourth-order valence-electron chi connectivity index (χ4n) is 1.72. The van der Waals surface area contributed by atoms with E-state index in [-0.39, 0.29) is 0 Å². The van der Waals surface area contributed by atoms with Crippen LogP contribution in [0.3, 0.4) is 0 Å². The van der Waals surface area contributed by atoms with Crippen LogP contribution in [0, 0.1) is 0 Å². The van der Waals surface area contributed by atoms with Gasteiger partial charge in [-0.15, -0.1) is 0 Å². The van der Waals surface area contributed by atoms with Crippen molar-refractivity contribution in [3.05, 3.63) is 36.2 Å². The van der Waals surface area contributed by atoms with Crippen molar-refractivity contribution in [3.8, 4) is 0 Å². The number of nitrogens with zero attached hydrogens (tertiary/aromatic N) is 3. The van der Waals surface area contributed by atoms with Crippen LogP contribution in [0.2, 0.25) is 0 Å². The van der Waals surface area contributed by atoms with Crippen LogP contribution >= 0.6 is 0 Å². The number of hydrogen-bond donors (Lipinski definition) is 1. The van der Waals surface area contributed by atoms with Crippen LogP contribution in [0.25, 0.3) is 5.52 Å². The van der Waals surface area contributed by atoms with Gasteiger partial charge in [-0.25, -0.2) is 4.52 Å². The van der Waals surface area contributed by atoms with Gasteiger partial charge in [0, 0.05) is 30.9 Å². The lowest BCUT2D eigenvalue weighted by Crippen LogP contribution is -2.35. The summed E-state index contributed by atoms with van der Waals surface area (Å²) in [6.45, 7) is 4.06. The maximum atomic E-state index is 4.32. The van der Waals surface area contributed by atoms with Gasteiger partial charge in [-0.3, -0.25) is 0 Å². The first-order valence-electron chi connectivity index (χ1n) is 5.97. The minimum atomic E-state index is 0.539. The summed E-state index contributed by atoms with van der Waals surface area (Å²) in [5.41, 5.74) is 2.43. The van der Waals surface area contributed by atoms with E-state index in [9.17, 15) is 0 Å². The minimum Gasteiger partial charge on any atom is -0.311 e. The lowest BCUT2D eigenvalue weighted by molar-refractivity contribution is 0.303. The number of rotatable bonds is 5. The molecule has 0 aliphatic heterocycles. The third-order valence-electron chi connectivity index (χ3n) is 3.14. The van der Waals surface area contributed by atoms with E-state index in [1.165, 1.54) is 11.1 Å². The fourth-order valence-corrected chi connectivity index (χ4v) is 1.72. The predicted molar refractivity (Wildman–Crippen MR) is 70.0 cm³/mol. The molecule has 1 unspecified atom stereocenters. The lowest BCUT2D eigenvalue weighted by atomic mass is 10.2. The Morgan fingerprint density at radius 3 is 3.00 bits per heavy atom. The molecule has 0 aliphatic carbocycles. The van der Waals surface area contributed by atoms with Crippen LogP contribution in [0.4, 0.5) is 0 Å². The molecule has 2 aromatic heterocycles. The summed E-state index contributed by atoms with van der Waals surface area (Å²) in [5.74, 6) is 0. The van der Waals surface area contributed by atoms with Gasteiger partial charge in [0.15, 0.2) is 0 Å². The number of likely N-dealkylation sites (N-methyl/N-ethyl adjacent to an activating group) is 1. The summed E-state index contributed by atoms with van der Waals surface area (Å²) in [6, 6.07) is 6.67. The van der Waals surface area contributed by atoms with E-state index >= 15 is 0 Å². The summed E-state index contributed by atoms with van der Waals surface area (Å²) >= 11 is 0. The highest BCUT2D eigenvalue weighted by Crippen LogP contribution is 2.09. The first kappa shape index (κ1) is 12.1. The maximum Gasteiger partial charge on any atom is 0.0706 e. The second kappa shape index (κ2) is 5.29. The highest BCUT2D eigenvalue weighted by molar-refractivity contribution is 5.53. The minimum absolute atomic E-state index is 0.539. The summed E-state index contributed by atoms with van der Waals surface area (Å²) in [5, 5.41) is 7.78. The van der Waals surface area contributed by atoms with Crippen molar-refractivity contribution in [3.63, 3.8) is 0 Å². The molecule has 0 radical (unpaired) electrons. The molecule has 2 aromatic rings. The topological polar surface area (TPSA) is 32.6 Å². The Morgan fingerprint density at radius 1 is 1.41 bits per heavy atom. The highest BCUT2D eigenvalue weighted by atomic mass is 15.2. The first-order valence-corrected chi connectivity index (χ1v) is 5.97. The van der Waals surface area contributed by atoms with Crippen molar-refractivity contribution in [1.29, 1.82) is 0 Å². The second-order valence-corrected chi connectivity index (χ2v) is 4.64. The van der Waals surface area contributed by atoms with E-state index in [2.05, 4.69) is 42.4 Å². The molecule has 0 saturated heterocycles. The molecule has 0 spiro atoms. The number of aromatic nitrogens is 2. The molecule has 0 amide bonds. The van der Waals surface area contributed by atoms with Gasteiger partial charge in [-0.05, 0) is 33.2 Å². The molecule has 17 heavy (non-hydrogen) atoms. The van der Waals surface area contributed by atoms with Gasteiger partial charge in [-0.1, -0.05) is 6.07 Å². The van der Waals surface area contributed by atoms with Crippen LogP contribution in [0.1, 0.15) is 12.5 Å². The summed E-state index contributed by atoms with van der Waals surface area (Å²) in [4.78, 5) is 2.21. The highest BCUT2D eigenvalue weighted by Gasteiger charge is 2.05. The van der Waals surface area contributed by atoms with E-state index in [0.29, 0.717) is 6.04 Å². The largest absolute Gasteiger partial charge is 0.311 e. The van der Waals surface area contributed by atoms with Crippen molar-refractivity contribution in [1.82, 2.24) is 19.8 Å². The van der Waals surface area contributed by atoms with E-state index < -0.39 is 0 Å². The molecule has 0 bridgehead atoms. The van der Waals surface area contributed by atoms with E-state index in [1.54, 1.807) is 0 Å². The SMILES string of the molecule is CC(CNCc1cnn2ccccc12)N(C)C. The third-order valence-corrected chi connectivity index (χ3v) is 3.14. The number of hydrogen-bond acceptors (Lipinski definition) is 3. The van der Waals surface area contributed by atoms with Crippen molar-refractivity contribution in [2.45, 2.75) is 19.5 Å². The molecule has 0 saturated carbocycles. The van der Waals surface area contributed by atoms with Gasteiger partial charge in [0.25, 0.3) is 0 Å². The zero-order valence-corrected chi connectivity index (χ0v) is 10.7. The summed E-state index contributed by atoms with van der Waals surface area (Å²) in [7, 11) is 4.20. The van der Waals surface area contributed by atoms with E-state index in [1.807, 2.05) is 29.0 Å². The van der Waals surface area contributed by atoms with Crippen molar-refractivity contribution in [2.24, 2.45) is 0 Å². The Bertz CT molecular complexity index is 475. The molecule has 4 nitrogen and oxygen atoms in total. The van der Waals surface area contributed by atoms with Crippen LogP contribution in [0.15, 0.2) is 30.6 Å². The van der Waals surface area contributed by atoms with E-state index in [4.69, 9.17) is 0 Å². The van der Waals surface area contributed by atoms with Crippen molar-refractivity contribution >= 4 is 5.52 Å². The molecular weight excluding hydrogens is 212 g/mol. The van der Waals surface area contributed by atoms with Crippen molar-refractivity contribution in [2.75, 3.05) is 20.6 Å². The molecule has 2 heterocycles. The van der Waals surface area contributed by atoms with E-state index in [0.717, 1.165) is 13.1 Å². The molecule has 0 aliphatic rings. The first-order chi connectivity index (χ1) is 8.18. The Labute approximate surface area is 102 Å². The van der Waals surface area contributed by atoms with Gasteiger partial charge in [0.1, 0.15) is 0 Å². The molecule has 1 atom stereocenters. The molecule has 92 valence electrons. The smallest absolute Gasteiger partial charge is 0.0706 e. The summed E-state index contributed by atoms with van der Waals surface area (Å²) in [6.07, 6.45) is 3.91. The number of nitrogens with one attached hydrogen (secondary N) is 1. The van der Waals surface area contributed by atoms with Gasteiger partial charge >= 0.3 is 0 Å². The Balaban J connectivity index is 1.95. The molecule has 4 heteroatoms. The van der Waals surface area contributed by atoms with Gasteiger partial charge < -0.3 is 10.2 Å².